The second-order valence-corrected chi connectivity index (χ2v) is 7.44. The Morgan fingerprint density at radius 3 is 2.38 bits per heavy atom. The number of carbonyl (C=O) groups excluding carboxylic acids is 2. The van der Waals surface area contributed by atoms with Gasteiger partial charge in [-0.3, -0.25) is 4.79 Å². The van der Waals surface area contributed by atoms with E-state index in [4.69, 9.17) is 9.47 Å². The first-order valence-electron chi connectivity index (χ1n) is 9.26. The molecule has 6 heteroatoms. The van der Waals surface area contributed by atoms with Gasteiger partial charge < -0.3 is 14.8 Å². The third-order valence-corrected chi connectivity index (χ3v) is 5.56. The zero-order valence-electron chi connectivity index (χ0n) is 16.9. The van der Waals surface area contributed by atoms with Crippen molar-refractivity contribution in [1.29, 1.82) is 0 Å². The number of benzene rings is 2. The smallest absolute Gasteiger partial charge is 0.341 e. The Kier molecular flexibility index (Phi) is 6.34. The van der Waals surface area contributed by atoms with E-state index in [2.05, 4.69) is 5.32 Å². The summed E-state index contributed by atoms with van der Waals surface area (Å²) >= 11 is 1.31. The Labute approximate surface area is 174 Å². The second kappa shape index (κ2) is 8.92. The van der Waals surface area contributed by atoms with Gasteiger partial charge in [0, 0.05) is 16.5 Å². The number of ether oxygens (including phenoxy) is 2. The maximum Gasteiger partial charge on any atom is 0.341 e. The molecule has 0 fully saturated rings. The summed E-state index contributed by atoms with van der Waals surface area (Å²) in [5.74, 6) is -0.0828. The quantitative estimate of drug-likeness (QED) is 0.548. The second-order valence-electron chi connectivity index (χ2n) is 6.56. The van der Waals surface area contributed by atoms with Crippen LogP contribution in [0, 0.1) is 13.8 Å². The Morgan fingerprint density at radius 1 is 1.03 bits per heavy atom. The van der Waals surface area contributed by atoms with Crippen molar-refractivity contribution in [1.82, 2.24) is 0 Å². The highest BCUT2D eigenvalue weighted by Crippen LogP contribution is 2.37. The van der Waals surface area contributed by atoms with Crippen LogP contribution in [0.25, 0.3) is 11.1 Å². The Hall–Kier alpha value is -3.12. The standard InChI is InChI=1S/C23H23NO4S/c1-5-28-23(26)20-19(17-7-6-14(2)15(3)12-17)13-29-22(20)24-21(25)16-8-10-18(27-4)11-9-16/h6-13H,5H2,1-4H3,(H,24,25). The van der Waals surface area contributed by atoms with E-state index < -0.39 is 5.97 Å². The molecule has 0 spiro atoms. The summed E-state index contributed by atoms with van der Waals surface area (Å²) in [4.78, 5) is 25.4. The molecule has 0 aliphatic heterocycles. The van der Waals surface area contributed by atoms with Gasteiger partial charge in [0.15, 0.2) is 0 Å². The molecule has 0 bridgehead atoms. The van der Waals surface area contributed by atoms with Crippen LogP contribution in [-0.2, 0) is 4.74 Å². The third-order valence-electron chi connectivity index (χ3n) is 4.67. The van der Waals surface area contributed by atoms with Crippen LogP contribution >= 0.6 is 11.3 Å². The van der Waals surface area contributed by atoms with E-state index in [1.54, 1.807) is 38.3 Å². The number of anilines is 1. The van der Waals surface area contributed by atoms with Crippen molar-refractivity contribution in [3.05, 3.63) is 70.1 Å². The lowest BCUT2D eigenvalue weighted by Crippen LogP contribution is -2.14. The van der Waals surface area contributed by atoms with E-state index in [0.29, 0.717) is 21.9 Å². The largest absolute Gasteiger partial charge is 0.497 e. The fourth-order valence-electron chi connectivity index (χ4n) is 2.89. The Morgan fingerprint density at radius 2 is 1.76 bits per heavy atom. The molecule has 0 atom stereocenters. The summed E-state index contributed by atoms with van der Waals surface area (Å²) in [6.45, 7) is 6.09. The van der Waals surface area contributed by atoms with Gasteiger partial charge in [-0.2, -0.15) is 0 Å². The molecule has 1 heterocycles. The number of nitrogens with one attached hydrogen (secondary N) is 1. The van der Waals surface area contributed by atoms with Crippen LogP contribution < -0.4 is 10.1 Å². The van der Waals surface area contributed by atoms with E-state index in [1.165, 1.54) is 16.9 Å². The lowest BCUT2D eigenvalue weighted by atomic mass is 9.99. The van der Waals surface area contributed by atoms with Crippen LogP contribution in [-0.4, -0.2) is 25.6 Å². The van der Waals surface area contributed by atoms with Gasteiger partial charge in [0.2, 0.25) is 0 Å². The molecule has 1 N–H and O–H groups in total. The maximum absolute atomic E-state index is 12.7. The fraction of sp³-hybridized carbons (Fsp3) is 0.217. The Balaban J connectivity index is 1.97. The fourth-order valence-corrected chi connectivity index (χ4v) is 3.85. The topological polar surface area (TPSA) is 64.6 Å². The zero-order valence-corrected chi connectivity index (χ0v) is 17.7. The molecule has 2 aromatic carbocycles. The number of hydrogen-bond acceptors (Lipinski definition) is 5. The van der Waals surface area contributed by atoms with Gasteiger partial charge in [0.25, 0.3) is 5.91 Å². The molecule has 3 aromatic rings. The normalized spacial score (nSPS) is 10.5. The number of amides is 1. The first-order valence-corrected chi connectivity index (χ1v) is 10.1. The zero-order chi connectivity index (χ0) is 21.0. The highest BCUT2D eigenvalue weighted by Gasteiger charge is 2.23. The number of carbonyl (C=O) groups is 2. The van der Waals surface area contributed by atoms with Crippen molar-refractivity contribution < 1.29 is 19.1 Å². The number of aryl methyl sites for hydroxylation is 2. The molecule has 0 saturated heterocycles. The van der Waals surface area contributed by atoms with Crippen molar-refractivity contribution >= 4 is 28.2 Å². The van der Waals surface area contributed by atoms with Gasteiger partial charge in [-0.15, -0.1) is 11.3 Å². The van der Waals surface area contributed by atoms with Crippen LogP contribution in [0.1, 0.15) is 38.8 Å². The molecule has 0 unspecified atom stereocenters. The van der Waals surface area contributed by atoms with Crippen molar-refractivity contribution in [2.45, 2.75) is 20.8 Å². The molecule has 0 radical (unpaired) electrons. The van der Waals surface area contributed by atoms with E-state index >= 15 is 0 Å². The molecule has 3 rings (SSSR count). The number of methoxy groups -OCH3 is 1. The highest BCUT2D eigenvalue weighted by molar-refractivity contribution is 7.15. The van der Waals surface area contributed by atoms with Gasteiger partial charge in [0.1, 0.15) is 16.3 Å². The van der Waals surface area contributed by atoms with E-state index in [0.717, 1.165) is 16.7 Å². The Bertz CT molecular complexity index is 1040. The van der Waals surface area contributed by atoms with Crippen molar-refractivity contribution in [2.75, 3.05) is 19.0 Å². The summed E-state index contributed by atoms with van der Waals surface area (Å²) < 4.78 is 10.4. The minimum Gasteiger partial charge on any atom is -0.497 e. The molecule has 150 valence electrons. The molecule has 0 aliphatic rings. The van der Waals surface area contributed by atoms with Gasteiger partial charge in [-0.25, -0.2) is 4.79 Å². The number of hydrogen-bond donors (Lipinski definition) is 1. The molecule has 29 heavy (non-hydrogen) atoms. The number of esters is 1. The van der Waals surface area contributed by atoms with Crippen LogP contribution in [0.5, 0.6) is 5.75 Å². The van der Waals surface area contributed by atoms with E-state index in [9.17, 15) is 9.59 Å². The molecular formula is C23H23NO4S. The first kappa shape index (κ1) is 20.6. The summed E-state index contributed by atoms with van der Waals surface area (Å²) in [7, 11) is 1.57. The van der Waals surface area contributed by atoms with Crippen LogP contribution in [0.4, 0.5) is 5.00 Å². The predicted octanol–water partition coefficient (Wildman–Crippen LogP) is 5.47. The SMILES string of the molecule is CCOC(=O)c1c(-c2ccc(C)c(C)c2)csc1NC(=O)c1ccc(OC)cc1. The van der Waals surface area contributed by atoms with E-state index in [1.807, 2.05) is 37.4 Å². The minimum atomic E-state index is -0.452. The average Bonchev–Trinajstić information content (AvgIpc) is 3.13. The van der Waals surface area contributed by atoms with Crippen molar-refractivity contribution in [2.24, 2.45) is 0 Å². The molecular weight excluding hydrogens is 386 g/mol. The molecule has 0 saturated carbocycles. The van der Waals surface area contributed by atoms with Gasteiger partial charge in [0.05, 0.1) is 13.7 Å². The number of rotatable bonds is 6. The van der Waals surface area contributed by atoms with Crippen molar-refractivity contribution in [3.8, 4) is 16.9 Å². The third kappa shape index (κ3) is 4.49. The highest BCUT2D eigenvalue weighted by atomic mass is 32.1. The molecule has 0 aliphatic carbocycles. The number of thiophene rings is 1. The van der Waals surface area contributed by atoms with Crippen LogP contribution in [0.15, 0.2) is 47.8 Å². The lowest BCUT2D eigenvalue weighted by molar-refractivity contribution is 0.0529. The minimum absolute atomic E-state index is 0.257. The van der Waals surface area contributed by atoms with Crippen LogP contribution in [0.2, 0.25) is 0 Å². The lowest BCUT2D eigenvalue weighted by Gasteiger charge is -2.10. The van der Waals surface area contributed by atoms with Gasteiger partial charge in [-0.05, 0) is 61.7 Å². The summed E-state index contributed by atoms with van der Waals surface area (Å²) in [6, 6.07) is 12.8. The maximum atomic E-state index is 12.7. The van der Waals surface area contributed by atoms with Crippen molar-refractivity contribution in [3.63, 3.8) is 0 Å². The molecule has 1 aromatic heterocycles. The first-order chi connectivity index (χ1) is 13.9. The summed E-state index contributed by atoms with van der Waals surface area (Å²) in [6.07, 6.45) is 0. The molecule has 5 nitrogen and oxygen atoms in total. The van der Waals surface area contributed by atoms with Gasteiger partial charge >= 0.3 is 5.97 Å². The monoisotopic (exact) mass is 409 g/mol. The van der Waals surface area contributed by atoms with E-state index in [-0.39, 0.29) is 12.5 Å². The summed E-state index contributed by atoms with van der Waals surface area (Å²) in [5.41, 5.74) is 4.82. The summed E-state index contributed by atoms with van der Waals surface area (Å²) in [5, 5.41) is 5.20. The van der Waals surface area contributed by atoms with Crippen LogP contribution in [0.3, 0.4) is 0 Å². The average molecular weight is 410 g/mol. The van der Waals surface area contributed by atoms with Gasteiger partial charge in [-0.1, -0.05) is 18.2 Å². The molecule has 1 amide bonds. The predicted molar refractivity (Wildman–Crippen MR) is 116 cm³/mol.